The molecule has 0 aliphatic rings. The van der Waals surface area contributed by atoms with E-state index in [0.717, 1.165) is 0 Å². The molecule has 0 aromatic carbocycles. The van der Waals surface area contributed by atoms with Crippen molar-refractivity contribution >= 4 is 72.2 Å². The summed E-state index contributed by atoms with van der Waals surface area (Å²) in [7, 11) is 0. The molecule has 0 unspecified atom stereocenters. The predicted molar refractivity (Wildman–Crippen MR) is 22.0 cm³/mol. The standard InChI is InChI=1S/K.H2O.P.Si/h;1H2;;. The molecule has 0 amide bonds. The minimum absolute atomic E-state index is 0. The quantitative estimate of drug-likeness (QED) is 0.295. The Morgan fingerprint density at radius 3 is 1.00 bits per heavy atom. The van der Waals surface area contributed by atoms with E-state index in [9.17, 15) is 0 Å². The van der Waals surface area contributed by atoms with E-state index in [4.69, 9.17) is 0 Å². The van der Waals surface area contributed by atoms with Crippen molar-refractivity contribution in [1.29, 1.82) is 0 Å². The molecule has 0 aromatic heterocycles. The van der Waals surface area contributed by atoms with Crippen LogP contribution in [0.3, 0.4) is 0 Å². The van der Waals surface area contributed by atoms with E-state index in [1.165, 1.54) is 0 Å². The van der Waals surface area contributed by atoms with Crippen LogP contribution in [0.1, 0.15) is 0 Å². The number of hydrogen-bond acceptors (Lipinski definition) is 0. The third-order valence-electron chi connectivity index (χ3n) is 0. The smallest absolute Gasteiger partial charge is 0 e. The van der Waals surface area contributed by atoms with Crippen LogP contribution >= 0.6 is 9.90 Å². The SMILES string of the molecule is O.[K].[P].[Si]. The van der Waals surface area contributed by atoms with Gasteiger partial charge < -0.3 is 5.48 Å². The van der Waals surface area contributed by atoms with Gasteiger partial charge >= 0.3 is 0 Å². The molecule has 8 radical (unpaired) electrons. The van der Waals surface area contributed by atoms with Gasteiger partial charge in [-0.1, -0.05) is 0 Å². The zero-order valence-electron chi connectivity index (χ0n) is 2.45. The average molecular weight is 116 g/mol. The molecule has 4 heteroatoms. The summed E-state index contributed by atoms with van der Waals surface area (Å²) >= 11 is 0. The van der Waals surface area contributed by atoms with Crippen LogP contribution in [-0.4, -0.2) is 67.8 Å². The molecule has 0 heterocycles. The van der Waals surface area contributed by atoms with Gasteiger partial charge in [0.25, 0.3) is 0 Å². The molecule has 18 valence electrons. The van der Waals surface area contributed by atoms with Crippen molar-refractivity contribution in [2.45, 2.75) is 0 Å². The Hall–Kier alpha value is 2.24. The molecular weight excluding hydrogens is 114 g/mol. The van der Waals surface area contributed by atoms with Crippen molar-refractivity contribution in [2.75, 3.05) is 0 Å². The van der Waals surface area contributed by atoms with E-state index < -0.39 is 0 Å². The summed E-state index contributed by atoms with van der Waals surface area (Å²) < 4.78 is 0. The molecule has 0 spiro atoms. The molecule has 0 saturated heterocycles. The maximum atomic E-state index is 0. The van der Waals surface area contributed by atoms with Crippen LogP contribution in [0, 0.1) is 0 Å². The zero-order valence-corrected chi connectivity index (χ0v) is 7.46. The van der Waals surface area contributed by atoms with Gasteiger partial charge in [-0.3, -0.25) is 0 Å². The van der Waals surface area contributed by atoms with Crippen LogP contribution in [0.4, 0.5) is 0 Å². The van der Waals surface area contributed by atoms with Crippen LogP contribution in [0.5, 0.6) is 0 Å². The van der Waals surface area contributed by atoms with E-state index in [1.54, 1.807) is 0 Å². The second-order valence-corrected chi connectivity index (χ2v) is 0. The van der Waals surface area contributed by atoms with Gasteiger partial charge in [0.2, 0.25) is 0 Å². The fraction of sp³-hybridized carbons (Fsp3) is 0. The summed E-state index contributed by atoms with van der Waals surface area (Å²) in [6.45, 7) is 0. The largest absolute Gasteiger partial charge is 0.412 e. The second-order valence-electron chi connectivity index (χ2n) is 0. The van der Waals surface area contributed by atoms with Crippen LogP contribution in [0.2, 0.25) is 0 Å². The van der Waals surface area contributed by atoms with Gasteiger partial charge in [0.1, 0.15) is 0 Å². The molecule has 0 bridgehead atoms. The molecule has 4 heavy (non-hydrogen) atoms. The van der Waals surface area contributed by atoms with Crippen LogP contribution < -0.4 is 0 Å². The normalized spacial score (nSPS) is 0. The first-order valence-electron chi connectivity index (χ1n) is 0. The van der Waals surface area contributed by atoms with Crippen molar-refractivity contribution in [2.24, 2.45) is 0 Å². The first kappa shape index (κ1) is 34.1. The molecule has 0 rings (SSSR count). The van der Waals surface area contributed by atoms with Crippen LogP contribution in [0.15, 0.2) is 0 Å². The summed E-state index contributed by atoms with van der Waals surface area (Å²) in [6.07, 6.45) is 0. The zero-order chi connectivity index (χ0) is 0. The average Bonchev–Trinajstić information content (AvgIpc) is 0. The first-order valence-corrected chi connectivity index (χ1v) is 0. The van der Waals surface area contributed by atoms with Gasteiger partial charge in [0.05, 0.1) is 0 Å². The Bertz CT molecular complexity index is 8.00. The molecule has 2 N–H and O–H groups in total. The second kappa shape index (κ2) is 18.8. The summed E-state index contributed by atoms with van der Waals surface area (Å²) in [5, 5.41) is 0. The van der Waals surface area contributed by atoms with E-state index in [1.807, 2.05) is 0 Å². The Kier molecular flexibility index (Phi) is 160. The molecule has 1 nitrogen and oxygen atoms in total. The van der Waals surface area contributed by atoms with Crippen molar-refractivity contribution < 1.29 is 5.48 Å². The summed E-state index contributed by atoms with van der Waals surface area (Å²) in [6, 6.07) is 0. The summed E-state index contributed by atoms with van der Waals surface area (Å²) in [5.74, 6) is 0. The van der Waals surface area contributed by atoms with Crippen molar-refractivity contribution in [3.8, 4) is 0 Å². The van der Waals surface area contributed by atoms with E-state index in [0.29, 0.717) is 0 Å². The maximum Gasteiger partial charge on any atom is 0 e. The molecule has 0 atom stereocenters. The fourth-order valence-corrected chi connectivity index (χ4v) is 0. The van der Waals surface area contributed by atoms with Gasteiger partial charge in [-0.25, -0.2) is 0 Å². The van der Waals surface area contributed by atoms with E-state index in [-0.39, 0.29) is 77.7 Å². The molecule has 0 aliphatic carbocycles. The van der Waals surface area contributed by atoms with Crippen LogP contribution in [0.25, 0.3) is 0 Å². The summed E-state index contributed by atoms with van der Waals surface area (Å²) in [4.78, 5) is 0. The van der Waals surface area contributed by atoms with Gasteiger partial charge in [-0.05, 0) is 0 Å². The van der Waals surface area contributed by atoms with Gasteiger partial charge in [-0.15, -0.1) is 0 Å². The molecule has 0 aliphatic heterocycles. The maximum absolute atomic E-state index is 0. The Balaban J connectivity index is 0. The van der Waals surface area contributed by atoms with Gasteiger partial charge in [0, 0.05) is 72.2 Å². The molecular formula is H2KOPSi. The minimum Gasteiger partial charge on any atom is -0.412 e. The fourth-order valence-electron chi connectivity index (χ4n) is 0. The van der Waals surface area contributed by atoms with Crippen molar-refractivity contribution in [3.63, 3.8) is 0 Å². The van der Waals surface area contributed by atoms with E-state index in [2.05, 4.69) is 0 Å². The topological polar surface area (TPSA) is 31.5 Å². The molecule has 0 aromatic rings. The third-order valence-corrected chi connectivity index (χ3v) is 0. The summed E-state index contributed by atoms with van der Waals surface area (Å²) in [5.41, 5.74) is 0. The Morgan fingerprint density at radius 2 is 1.00 bits per heavy atom. The Labute approximate surface area is 76.3 Å². The minimum atomic E-state index is 0. The number of rotatable bonds is 0. The molecule has 0 saturated carbocycles. The van der Waals surface area contributed by atoms with Crippen molar-refractivity contribution in [3.05, 3.63) is 0 Å². The van der Waals surface area contributed by atoms with Gasteiger partial charge in [-0.2, -0.15) is 0 Å². The number of hydrogen-bond donors (Lipinski definition) is 0. The van der Waals surface area contributed by atoms with Gasteiger partial charge in [0.15, 0.2) is 0 Å². The van der Waals surface area contributed by atoms with E-state index >= 15 is 0 Å². The Morgan fingerprint density at radius 1 is 1.00 bits per heavy atom. The third kappa shape index (κ3) is 8.87. The van der Waals surface area contributed by atoms with Crippen molar-refractivity contribution in [1.82, 2.24) is 0 Å². The predicted octanol–water partition coefficient (Wildman–Crippen LogP) is -0.725. The first-order chi connectivity index (χ1) is 0. The van der Waals surface area contributed by atoms with Crippen LogP contribution in [-0.2, 0) is 0 Å². The molecule has 0 fully saturated rings. The monoisotopic (exact) mass is 116 g/mol.